The molecule has 2 fully saturated rings. The van der Waals surface area contributed by atoms with Gasteiger partial charge in [0.1, 0.15) is 0 Å². The molecule has 0 bridgehead atoms. The number of carbonyl (C=O) groups is 1. The fraction of sp³-hybridized carbons (Fsp3) is 0.941. The van der Waals surface area contributed by atoms with E-state index in [-0.39, 0.29) is 5.41 Å². The summed E-state index contributed by atoms with van der Waals surface area (Å²) >= 11 is 0. The maximum Gasteiger partial charge on any atom is 0.228 e. The van der Waals surface area contributed by atoms with Gasteiger partial charge in [0.05, 0.1) is 0 Å². The van der Waals surface area contributed by atoms with Crippen LogP contribution in [-0.2, 0) is 4.79 Å². The fourth-order valence-electron chi connectivity index (χ4n) is 4.00. The SMILES string of the molecule is CC1CC(C)C(C)N(C(=O)C(C)(C)C2CCCNC2)C1. The number of likely N-dealkylation sites (tertiary alicyclic amines) is 1. The third-order valence-electron chi connectivity index (χ3n) is 5.73. The van der Waals surface area contributed by atoms with Crippen LogP contribution in [0.4, 0.5) is 0 Å². The smallest absolute Gasteiger partial charge is 0.228 e. The maximum atomic E-state index is 13.1. The lowest BCUT2D eigenvalue weighted by Gasteiger charge is -2.46. The van der Waals surface area contributed by atoms with Gasteiger partial charge in [0.15, 0.2) is 0 Å². The molecule has 1 N–H and O–H groups in total. The van der Waals surface area contributed by atoms with Crippen molar-refractivity contribution >= 4 is 5.91 Å². The average molecular weight is 280 g/mol. The molecule has 0 aromatic carbocycles. The quantitative estimate of drug-likeness (QED) is 0.843. The molecular formula is C17H32N2O. The lowest BCUT2D eigenvalue weighted by atomic mass is 9.73. The molecule has 1 amide bonds. The largest absolute Gasteiger partial charge is 0.339 e. The second-order valence-electron chi connectivity index (χ2n) is 7.78. The van der Waals surface area contributed by atoms with Gasteiger partial charge in [0.2, 0.25) is 5.91 Å². The molecule has 2 aliphatic rings. The summed E-state index contributed by atoms with van der Waals surface area (Å²) in [7, 11) is 0. The summed E-state index contributed by atoms with van der Waals surface area (Å²) in [4.78, 5) is 15.3. The molecule has 0 aliphatic carbocycles. The predicted octanol–water partition coefficient (Wildman–Crippen LogP) is 2.91. The third-order valence-corrected chi connectivity index (χ3v) is 5.73. The highest BCUT2D eigenvalue weighted by Crippen LogP contribution is 2.37. The maximum absolute atomic E-state index is 13.1. The first-order valence-corrected chi connectivity index (χ1v) is 8.35. The Morgan fingerprint density at radius 3 is 2.55 bits per heavy atom. The summed E-state index contributed by atoms with van der Waals surface area (Å²) < 4.78 is 0. The molecule has 0 saturated carbocycles. The Balaban J connectivity index is 2.11. The van der Waals surface area contributed by atoms with Crippen LogP contribution in [-0.4, -0.2) is 36.5 Å². The van der Waals surface area contributed by atoms with Gasteiger partial charge >= 0.3 is 0 Å². The van der Waals surface area contributed by atoms with Crippen molar-refractivity contribution in [1.82, 2.24) is 10.2 Å². The van der Waals surface area contributed by atoms with E-state index >= 15 is 0 Å². The van der Waals surface area contributed by atoms with Gasteiger partial charge in [0, 0.05) is 18.0 Å². The van der Waals surface area contributed by atoms with Crippen LogP contribution in [0.1, 0.15) is 53.9 Å². The van der Waals surface area contributed by atoms with Crippen molar-refractivity contribution in [2.75, 3.05) is 19.6 Å². The summed E-state index contributed by atoms with van der Waals surface area (Å²) in [5, 5.41) is 3.46. The van der Waals surface area contributed by atoms with Crippen LogP contribution < -0.4 is 5.32 Å². The Morgan fingerprint density at radius 2 is 1.95 bits per heavy atom. The first-order valence-electron chi connectivity index (χ1n) is 8.35. The van der Waals surface area contributed by atoms with Crippen molar-refractivity contribution in [3.05, 3.63) is 0 Å². The second-order valence-corrected chi connectivity index (χ2v) is 7.78. The Bertz CT molecular complexity index is 347. The molecule has 0 radical (unpaired) electrons. The minimum absolute atomic E-state index is 0.238. The molecule has 4 atom stereocenters. The number of nitrogens with one attached hydrogen (secondary N) is 1. The Morgan fingerprint density at radius 1 is 1.25 bits per heavy atom. The van der Waals surface area contributed by atoms with Crippen LogP contribution in [0, 0.1) is 23.2 Å². The molecular weight excluding hydrogens is 248 g/mol. The molecule has 2 heterocycles. The second kappa shape index (κ2) is 6.05. The van der Waals surface area contributed by atoms with Crippen molar-refractivity contribution < 1.29 is 4.79 Å². The Kier molecular flexibility index (Phi) is 4.78. The normalized spacial score (nSPS) is 36.0. The lowest BCUT2D eigenvalue weighted by Crippen LogP contribution is -2.55. The van der Waals surface area contributed by atoms with Gasteiger partial charge in [-0.15, -0.1) is 0 Å². The minimum Gasteiger partial charge on any atom is -0.339 e. The van der Waals surface area contributed by atoms with Gasteiger partial charge in [-0.3, -0.25) is 4.79 Å². The summed E-state index contributed by atoms with van der Waals surface area (Å²) in [6, 6.07) is 0.384. The number of rotatable bonds is 2. The van der Waals surface area contributed by atoms with Gasteiger partial charge in [0.25, 0.3) is 0 Å². The molecule has 2 rings (SSSR count). The molecule has 116 valence electrons. The number of amides is 1. The molecule has 4 unspecified atom stereocenters. The zero-order chi connectivity index (χ0) is 14.9. The summed E-state index contributed by atoms with van der Waals surface area (Å²) in [6.45, 7) is 14.1. The van der Waals surface area contributed by atoms with Crippen molar-refractivity contribution in [2.45, 2.75) is 59.9 Å². The first kappa shape index (κ1) is 15.8. The van der Waals surface area contributed by atoms with Crippen LogP contribution in [0.2, 0.25) is 0 Å². The van der Waals surface area contributed by atoms with Crippen LogP contribution >= 0.6 is 0 Å². The van der Waals surface area contributed by atoms with Crippen molar-refractivity contribution in [2.24, 2.45) is 23.2 Å². The molecule has 3 heteroatoms. The molecule has 3 nitrogen and oxygen atoms in total. The van der Waals surface area contributed by atoms with Crippen LogP contribution in [0.15, 0.2) is 0 Å². The van der Waals surface area contributed by atoms with Gasteiger partial charge in [-0.2, -0.15) is 0 Å². The topological polar surface area (TPSA) is 32.3 Å². The Labute approximate surface area is 124 Å². The summed E-state index contributed by atoms with van der Waals surface area (Å²) in [6.07, 6.45) is 3.62. The molecule has 0 spiro atoms. The number of nitrogens with zero attached hydrogens (tertiary/aromatic N) is 1. The summed E-state index contributed by atoms with van der Waals surface area (Å²) in [5.41, 5.74) is -0.238. The van der Waals surface area contributed by atoms with Crippen molar-refractivity contribution in [3.63, 3.8) is 0 Å². The van der Waals surface area contributed by atoms with E-state index in [2.05, 4.69) is 44.8 Å². The van der Waals surface area contributed by atoms with E-state index in [1.165, 1.54) is 19.3 Å². The standard InChI is InChI=1S/C17H32N2O/c1-12-9-13(2)14(3)19(11-12)16(20)17(4,5)15-7-6-8-18-10-15/h12-15,18H,6-11H2,1-5H3. The molecule has 2 saturated heterocycles. The highest BCUT2D eigenvalue weighted by atomic mass is 16.2. The van der Waals surface area contributed by atoms with E-state index in [9.17, 15) is 4.79 Å². The van der Waals surface area contributed by atoms with E-state index < -0.39 is 0 Å². The van der Waals surface area contributed by atoms with E-state index in [0.717, 1.165) is 19.6 Å². The predicted molar refractivity (Wildman–Crippen MR) is 83.5 cm³/mol. The minimum atomic E-state index is -0.238. The average Bonchev–Trinajstić information content (AvgIpc) is 2.43. The van der Waals surface area contributed by atoms with Gasteiger partial charge < -0.3 is 10.2 Å². The first-order chi connectivity index (χ1) is 9.34. The van der Waals surface area contributed by atoms with E-state index in [1.807, 2.05) is 0 Å². The molecule has 20 heavy (non-hydrogen) atoms. The van der Waals surface area contributed by atoms with E-state index in [0.29, 0.717) is 29.7 Å². The monoisotopic (exact) mass is 280 g/mol. The Hall–Kier alpha value is -0.570. The number of hydrogen-bond acceptors (Lipinski definition) is 2. The highest BCUT2D eigenvalue weighted by Gasteiger charge is 2.43. The van der Waals surface area contributed by atoms with E-state index in [4.69, 9.17) is 0 Å². The van der Waals surface area contributed by atoms with Gasteiger partial charge in [-0.25, -0.2) is 0 Å². The van der Waals surface area contributed by atoms with Crippen molar-refractivity contribution in [1.29, 1.82) is 0 Å². The van der Waals surface area contributed by atoms with Crippen LogP contribution in [0.25, 0.3) is 0 Å². The lowest BCUT2D eigenvalue weighted by molar-refractivity contribution is -0.150. The van der Waals surface area contributed by atoms with Crippen molar-refractivity contribution in [3.8, 4) is 0 Å². The van der Waals surface area contributed by atoms with E-state index in [1.54, 1.807) is 0 Å². The molecule has 0 aromatic heterocycles. The highest BCUT2D eigenvalue weighted by molar-refractivity contribution is 5.82. The van der Waals surface area contributed by atoms with Crippen LogP contribution in [0.5, 0.6) is 0 Å². The van der Waals surface area contributed by atoms with Gasteiger partial charge in [-0.1, -0.05) is 27.7 Å². The fourth-order valence-corrected chi connectivity index (χ4v) is 4.00. The number of carbonyl (C=O) groups excluding carboxylic acids is 1. The third kappa shape index (κ3) is 3.03. The zero-order valence-electron chi connectivity index (χ0n) is 13.9. The summed E-state index contributed by atoms with van der Waals surface area (Å²) in [5.74, 6) is 2.09. The zero-order valence-corrected chi connectivity index (χ0v) is 13.9. The van der Waals surface area contributed by atoms with Crippen LogP contribution in [0.3, 0.4) is 0 Å². The molecule has 2 aliphatic heterocycles. The number of hydrogen-bond donors (Lipinski definition) is 1. The van der Waals surface area contributed by atoms with Gasteiger partial charge in [-0.05, 0) is 57.0 Å². The number of piperidine rings is 2. The molecule has 0 aromatic rings.